The summed E-state index contributed by atoms with van der Waals surface area (Å²) in [4.78, 5) is 0. The van der Waals surface area contributed by atoms with Crippen LogP contribution >= 0.6 is 23.2 Å². The molecule has 1 heterocycles. The molecule has 0 amide bonds. The SMILES string of the molecule is CCC(CC)C1CNCC(c2cccc(Cl)c2Cl)O1. The zero-order chi connectivity index (χ0) is 13.8. The van der Waals surface area contributed by atoms with Crippen LogP contribution in [0.15, 0.2) is 18.2 Å². The van der Waals surface area contributed by atoms with Crippen LogP contribution in [0.25, 0.3) is 0 Å². The molecule has 0 radical (unpaired) electrons. The van der Waals surface area contributed by atoms with E-state index in [9.17, 15) is 0 Å². The van der Waals surface area contributed by atoms with Crippen LogP contribution in [0.5, 0.6) is 0 Å². The quantitative estimate of drug-likeness (QED) is 0.886. The molecule has 2 rings (SSSR count). The molecule has 1 saturated heterocycles. The molecule has 1 aliphatic heterocycles. The molecule has 1 aromatic rings. The van der Waals surface area contributed by atoms with Crippen LogP contribution < -0.4 is 5.32 Å². The Morgan fingerprint density at radius 2 is 2.00 bits per heavy atom. The summed E-state index contributed by atoms with van der Waals surface area (Å²) in [7, 11) is 0. The lowest BCUT2D eigenvalue weighted by Gasteiger charge is -2.35. The Balaban J connectivity index is 2.15. The number of hydrogen-bond acceptors (Lipinski definition) is 2. The molecule has 1 aliphatic rings. The van der Waals surface area contributed by atoms with E-state index in [4.69, 9.17) is 27.9 Å². The van der Waals surface area contributed by atoms with Gasteiger partial charge >= 0.3 is 0 Å². The summed E-state index contributed by atoms with van der Waals surface area (Å²) in [5.41, 5.74) is 0.984. The summed E-state index contributed by atoms with van der Waals surface area (Å²) in [6, 6.07) is 5.73. The largest absolute Gasteiger partial charge is 0.367 e. The Morgan fingerprint density at radius 3 is 2.68 bits per heavy atom. The zero-order valence-electron chi connectivity index (χ0n) is 11.5. The third-order valence-corrected chi connectivity index (χ3v) is 4.75. The molecular weight excluding hydrogens is 281 g/mol. The van der Waals surface area contributed by atoms with Gasteiger partial charge in [-0.2, -0.15) is 0 Å². The van der Waals surface area contributed by atoms with Crippen molar-refractivity contribution in [3.63, 3.8) is 0 Å². The van der Waals surface area contributed by atoms with Gasteiger partial charge in [-0.25, -0.2) is 0 Å². The predicted molar refractivity (Wildman–Crippen MR) is 81.0 cm³/mol. The molecule has 0 saturated carbocycles. The minimum absolute atomic E-state index is 0.00875. The third kappa shape index (κ3) is 3.43. The van der Waals surface area contributed by atoms with E-state index in [-0.39, 0.29) is 12.2 Å². The second-order valence-electron chi connectivity index (χ2n) is 5.04. The number of ether oxygens (including phenoxy) is 1. The van der Waals surface area contributed by atoms with Crippen molar-refractivity contribution in [1.82, 2.24) is 5.32 Å². The zero-order valence-corrected chi connectivity index (χ0v) is 13.0. The molecule has 1 aromatic carbocycles. The molecule has 19 heavy (non-hydrogen) atoms. The lowest BCUT2D eigenvalue weighted by Crippen LogP contribution is -2.44. The molecule has 1 N–H and O–H groups in total. The monoisotopic (exact) mass is 301 g/mol. The van der Waals surface area contributed by atoms with E-state index in [0.717, 1.165) is 31.5 Å². The number of nitrogens with one attached hydrogen (secondary N) is 1. The van der Waals surface area contributed by atoms with Crippen LogP contribution in [0, 0.1) is 5.92 Å². The first-order chi connectivity index (χ1) is 9.17. The number of benzene rings is 1. The molecule has 2 atom stereocenters. The van der Waals surface area contributed by atoms with Crippen molar-refractivity contribution in [3.05, 3.63) is 33.8 Å². The molecule has 106 valence electrons. The van der Waals surface area contributed by atoms with Crippen molar-refractivity contribution >= 4 is 23.2 Å². The van der Waals surface area contributed by atoms with Gasteiger partial charge in [-0.05, 0) is 12.0 Å². The first kappa shape index (κ1) is 15.1. The van der Waals surface area contributed by atoms with E-state index >= 15 is 0 Å². The van der Waals surface area contributed by atoms with Crippen LogP contribution in [0.4, 0.5) is 0 Å². The summed E-state index contributed by atoms with van der Waals surface area (Å²) >= 11 is 12.4. The topological polar surface area (TPSA) is 21.3 Å². The van der Waals surface area contributed by atoms with Gasteiger partial charge in [0, 0.05) is 18.7 Å². The fourth-order valence-corrected chi connectivity index (χ4v) is 3.14. The van der Waals surface area contributed by atoms with E-state index in [1.807, 2.05) is 18.2 Å². The van der Waals surface area contributed by atoms with Gasteiger partial charge < -0.3 is 10.1 Å². The summed E-state index contributed by atoms with van der Waals surface area (Å²) < 4.78 is 6.25. The van der Waals surface area contributed by atoms with Crippen LogP contribution in [-0.2, 0) is 4.74 Å². The van der Waals surface area contributed by atoms with Gasteiger partial charge in [-0.3, -0.25) is 0 Å². The molecular formula is C15H21Cl2NO. The van der Waals surface area contributed by atoms with E-state index in [1.54, 1.807) is 0 Å². The second kappa shape index (κ2) is 6.94. The maximum Gasteiger partial charge on any atom is 0.0968 e. The smallest absolute Gasteiger partial charge is 0.0968 e. The van der Waals surface area contributed by atoms with Gasteiger partial charge in [0.25, 0.3) is 0 Å². The number of morpholine rings is 1. The van der Waals surface area contributed by atoms with Gasteiger partial charge in [0.05, 0.1) is 22.3 Å². The first-order valence-corrected chi connectivity index (χ1v) is 7.73. The highest BCUT2D eigenvalue weighted by molar-refractivity contribution is 6.42. The maximum atomic E-state index is 6.28. The lowest BCUT2D eigenvalue weighted by molar-refractivity contribution is -0.0687. The Bertz CT molecular complexity index is 421. The third-order valence-electron chi connectivity index (χ3n) is 3.92. The summed E-state index contributed by atoms with van der Waals surface area (Å²) in [5, 5.41) is 4.65. The number of rotatable bonds is 4. The van der Waals surface area contributed by atoms with Crippen LogP contribution in [0.3, 0.4) is 0 Å². The van der Waals surface area contributed by atoms with Crippen molar-refractivity contribution in [3.8, 4) is 0 Å². The Labute approximate surface area is 125 Å². The molecule has 2 nitrogen and oxygen atoms in total. The summed E-state index contributed by atoms with van der Waals surface area (Å²) in [6.45, 7) is 6.14. The van der Waals surface area contributed by atoms with E-state index in [2.05, 4.69) is 19.2 Å². The first-order valence-electron chi connectivity index (χ1n) is 6.97. The van der Waals surface area contributed by atoms with Gasteiger partial charge in [0.2, 0.25) is 0 Å². The normalized spacial score (nSPS) is 23.8. The Kier molecular flexibility index (Phi) is 5.52. The molecule has 0 aliphatic carbocycles. The number of hydrogen-bond donors (Lipinski definition) is 1. The summed E-state index contributed by atoms with van der Waals surface area (Å²) in [6.07, 6.45) is 2.52. The van der Waals surface area contributed by atoms with Crippen molar-refractivity contribution in [2.45, 2.75) is 38.9 Å². The maximum absolute atomic E-state index is 6.28. The average molecular weight is 302 g/mol. The van der Waals surface area contributed by atoms with E-state index in [0.29, 0.717) is 16.0 Å². The molecule has 4 heteroatoms. The fraction of sp³-hybridized carbons (Fsp3) is 0.600. The van der Waals surface area contributed by atoms with E-state index in [1.165, 1.54) is 0 Å². The molecule has 2 unspecified atom stereocenters. The number of halogens is 2. The molecule has 0 bridgehead atoms. The van der Waals surface area contributed by atoms with E-state index < -0.39 is 0 Å². The highest BCUT2D eigenvalue weighted by Crippen LogP contribution is 2.34. The molecule has 0 spiro atoms. The highest BCUT2D eigenvalue weighted by atomic mass is 35.5. The van der Waals surface area contributed by atoms with Crippen LogP contribution in [0.1, 0.15) is 38.4 Å². The van der Waals surface area contributed by atoms with Gasteiger partial charge in [-0.1, -0.05) is 62.0 Å². The molecule has 0 aromatic heterocycles. The Morgan fingerprint density at radius 1 is 1.26 bits per heavy atom. The van der Waals surface area contributed by atoms with Gasteiger partial charge in [-0.15, -0.1) is 0 Å². The summed E-state index contributed by atoms with van der Waals surface area (Å²) in [5.74, 6) is 0.591. The lowest BCUT2D eigenvalue weighted by atomic mass is 9.94. The average Bonchev–Trinajstić information content (AvgIpc) is 2.44. The van der Waals surface area contributed by atoms with Crippen molar-refractivity contribution in [2.75, 3.05) is 13.1 Å². The minimum atomic E-state index is -0.00875. The minimum Gasteiger partial charge on any atom is -0.367 e. The van der Waals surface area contributed by atoms with Gasteiger partial charge in [0.1, 0.15) is 0 Å². The standard InChI is InChI=1S/C15H21Cl2NO/c1-3-10(4-2)13-8-18-9-14(19-13)11-6-5-7-12(16)15(11)17/h5-7,10,13-14,18H,3-4,8-9H2,1-2H3. The van der Waals surface area contributed by atoms with Crippen LogP contribution in [0.2, 0.25) is 10.0 Å². The van der Waals surface area contributed by atoms with Crippen molar-refractivity contribution < 1.29 is 4.74 Å². The van der Waals surface area contributed by atoms with Crippen molar-refractivity contribution in [1.29, 1.82) is 0 Å². The Hall–Kier alpha value is -0.280. The highest BCUT2D eigenvalue weighted by Gasteiger charge is 2.29. The van der Waals surface area contributed by atoms with Gasteiger partial charge in [0.15, 0.2) is 0 Å². The second-order valence-corrected chi connectivity index (χ2v) is 5.83. The van der Waals surface area contributed by atoms with Crippen LogP contribution in [-0.4, -0.2) is 19.2 Å². The molecule has 1 fully saturated rings. The fourth-order valence-electron chi connectivity index (χ4n) is 2.71. The predicted octanol–water partition coefficient (Wildman–Crippen LogP) is 4.46. The van der Waals surface area contributed by atoms with Crippen molar-refractivity contribution in [2.24, 2.45) is 5.92 Å².